The second-order valence-corrected chi connectivity index (χ2v) is 8.67. The van der Waals surface area contributed by atoms with Gasteiger partial charge in [-0.25, -0.2) is 4.98 Å². The predicted molar refractivity (Wildman–Crippen MR) is 96.5 cm³/mol. The molecule has 5 nitrogen and oxygen atoms in total. The number of rotatable bonds is 4. The maximum absolute atomic E-state index is 12.6. The quantitative estimate of drug-likeness (QED) is 0.874. The van der Waals surface area contributed by atoms with Crippen LogP contribution in [0.3, 0.4) is 0 Å². The van der Waals surface area contributed by atoms with Gasteiger partial charge in [0, 0.05) is 17.8 Å². The van der Waals surface area contributed by atoms with Gasteiger partial charge in [0.2, 0.25) is 11.8 Å². The summed E-state index contributed by atoms with van der Waals surface area (Å²) in [6, 6.07) is 3.39. The second-order valence-electron chi connectivity index (χ2n) is 6.09. The molecule has 1 atom stereocenters. The Balaban J connectivity index is 1.44. The van der Waals surface area contributed by atoms with Crippen LogP contribution >= 0.6 is 34.3 Å². The van der Waals surface area contributed by atoms with Crippen molar-refractivity contribution in [1.82, 2.24) is 9.88 Å². The summed E-state index contributed by atoms with van der Waals surface area (Å²) < 4.78 is 0.712. The van der Waals surface area contributed by atoms with Gasteiger partial charge in [0.05, 0.1) is 14.9 Å². The van der Waals surface area contributed by atoms with Crippen LogP contribution in [-0.2, 0) is 9.59 Å². The molecule has 1 saturated heterocycles. The minimum absolute atomic E-state index is 0.133. The zero-order valence-electron chi connectivity index (χ0n) is 12.8. The summed E-state index contributed by atoms with van der Waals surface area (Å²) in [4.78, 5) is 32.0. The highest BCUT2D eigenvalue weighted by atomic mass is 35.5. The van der Waals surface area contributed by atoms with E-state index in [1.807, 2.05) is 17.5 Å². The van der Waals surface area contributed by atoms with Crippen molar-refractivity contribution in [3.05, 3.63) is 21.8 Å². The first-order chi connectivity index (χ1) is 11.6. The van der Waals surface area contributed by atoms with Crippen LogP contribution in [-0.4, -0.2) is 34.3 Å². The summed E-state index contributed by atoms with van der Waals surface area (Å²) in [6.07, 6.45) is 3.53. The van der Waals surface area contributed by atoms with Gasteiger partial charge in [0.25, 0.3) is 0 Å². The number of hydrogen-bond donors (Lipinski definition) is 1. The van der Waals surface area contributed by atoms with E-state index in [0.29, 0.717) is 16.0 Å². The average Bonchev–Trinajstić information content (AvgIpc) is 2.97. The van der Waals surface area contributed by atoms with Crippen LogP contribution in [0.4, 0.5) is 5.13 Å². The molecule has 2 aromatic heterocycles. The fourth-order valence-electron chi connectivity index (χ4n) is 2.95. The van der Waals surface area contributed by atoms with Gasteiger partial charge < -0.3 is 10.2 Å². The van der Waals surface area contributed by atoms with E-state index in [1.165, 1.54) is 22.7 Å². The van der Waals surface area contributed by atoms with Crippen molar-refractivity contribution in [2.24, 2.45) is 5.92 Å². The lowest BCUT2D eigenvalue weighted by Crippen LogP contribution is -2.43. The number of carbonyl (C=O) groups is 2. The average molecular weight is 382 g/mol. The lowest BCUT2D eigenvalue weighted by atomic mass is 10.2. The molecule has 1 aliphatic heterocycles. The van der Waals surface area contributed by atoms with Crippen LogP contribution in [0.15, 0.2) is 17.5 Å². The smallest absolute Gasteiger partial charge is 0.248 e. The van der Waals surface area contributed by atoms with Gasteiger partial charge >= 0.3 is 0 Å². The van der Waals surface area contributed by atoms with E-state index in [0.717, 1.165) is 36.3 Å². The molecule has 0 aromatic carbocycles. The monoisotopic (exact) mass is 381 g/mol. The highest BCUT2D eigenvalue weighted by molar-refractivity contribution is 7.20. The Labute approximate surface area is 152 Å². The molecule has 2 aliphatic rings. The third-order valence-electron chi connectivity index (χ3n) is 4.33. The normalized spacial score (nSPS) is 20.4. The zero-order chi connectivity index (χ0) is 16.7. The van der Waals surface area contributed by atoms with E-state index in [2.05, 4.69) is 10.3 Å². The number of nitrogens with one attached hydrogen (secondary N) is 1. The van der Waals surface area contributed by atoms with E-state index < -0.39 is 0 Å². The summed E-state index contributed by atoms with van der Waals surface area (Å²) in [5.41, 5.74) is 0.810. The van der Waals surface area contributed by atoms with Crippen LogP contribution in [0.2, 0.25) is 4.34 Å². The number of anilines is 1. The van der Waals surface area contributed by atoms with Crippen molar-refractivity contribution < 1.29 is 9.59 Å². The third-order valence-corrected chi connectivity index (χ3v) is 6.34. The van der Waals surface area contributed by atoms with E-state index in [9.17, 15) is 9.59 Å². The predicted octanol–water partition coefficient (Wildman–Crippen LogP) is 3.86. The number of hydrogen-bond acceptors (Lipinski definition) is 5. The van der Waals surface area contributed by atoms with Crippen LogP contribution in [0.25, 0.3) is 10.6 Å². The van der Waals surface area contributed by atoms with Gasteiger partial charge in [-0.05, 0) is 37.8 Å². The molecule has 1 saturated carbocycles. The maximum Gasteiger partial charge on any atom is 0.248 e. The molecule has 2 aromatic rings. The molecule has 1 aliphatic carbocycles. The lowest BCUT2D eigenvalue weighted by Gasteiger charge is -2.23. The Morgan fingerprint density at radius 2 is 2.12 bits per heavy atom. The molecule has 2 amide bonds. The van der Waals surface area contributed by atoms with Crippen LogP contribution in [0, 0.1) is 5.92 Å². The zero-order valence-corrected chi connectivity index (χ0v) is 15.2. The first-order valence-corrected chi connectivity index (χ1v) is 10.0. The van der Waals surface area contributed by atoms with Gasteiger partial charge in [0.15, 0.2) is 5.13 Å². The summed E-state index contributed by atoms with van der Waals surface area (Å²) in [6.45, 7) is 0.685. The molecule has 2 fully saturated rings. The number of amides is 2. The maximum atomic E-state index is 12.6. The molecule has 4 rings (SSSR count). The number of halogens is 1. The Hall–Kier alpha value is -1.44. The number of thiophene rings is 1. The largest absolute Gasteiger partial charge is 0.330 e. The molecular weight excluding hydrogens is 366 g/mol. The standard InChI is InChI=1S/C16H16ClN3O2S2/c17-13-6-5-12(24-13)10-8-23-16(18-10)19-14(21)11-2-1-7-20(11)15(22)9-3-4-9/h5-6,8-9,11H,1-4,7H2,(H,18,19,21)/t11-/m0/s1. The van der Waals surface area contributed by atoms with Gasteiger partial charge in [0.1, 0.15) is 6.04 Å². The van der Waals surface area contributed by atoms with E-state index in [4.69, 9.17) is 11.6 Å². The molecule has 24 heavy (non-hydrogen) atoms. The molecule has 0 radical (unpaired) electrons. The van der Waals surface area contributed by atoms with E-state index in [-0.39, 0.29) is 23.8 Å². The minimum Gasteiger partial charge on any atom is -0.330 e. The molecule has 8 heteroatoms. The molecular formula is C16H16ClN3O2S2. The summed E-state index contributed by atoms with van der Waals surface area (Å²) in [7, 11) is 0. The first kappa shape index (κ1) is 16.1. The molecule has 126 valence electrons. The fourth-order valence-corrected chi connectivity index (χ4v) is 4.74. The van der Waals surface area contributed by atoms with E-state index in [1.54, 1.807) is 4.90 Å². The Morgan fingerprint density at radius 3 is 2.83 bits per heavy atom. The summed E-state index contributed by atoms with van der Waals surface area (Å²) in [5.74, 6) is 0.153. The Bertz CT molecular complexity index is 784. The van der Waals surface area contributed by atoms with Gasteiger partial charge in [-0.15, -0.1) is 22.7 Å². The van der Waals surface area contributed by atoms with Crippen molar-refractivity contribution in [1.29, 1.82) is 0 Å². The molecule has 0 spiro atoms. The van der Waals surface area contributed by atoms with Gasteiger partial charge in [-0.3, -0.25) is 9.59 Å². The molecule has 0 unspecified atom stereocenters. The highest BCUT2D eigenvalue weighted by Crippen LogP contribution is 2.35. The SMILES string of the molecule is O=C(Nc1nc(-c2ccc(Cl)s2)cs1)[C@@H]1CCCN1C(=O)C1CC1. The topological polar surface area (TPSA) is 62.3 Å². The Morgan fingerprint density at radius 1 is 1.29 bits per heavy atom. The van der Waals surface area contributed by atoms with Gasteiger partial charge in [-0.2, -0.15) is 0 Å². The van der Waals surface area contributed by atoms with Crippen LogP contribution < -0.4 is 5.32 Å². The fraction of sp³-hybridized carbons (Fsp3) is 0.438. The van der Waals surface area contributed by atoms with E-state index >= 15 is 0 Å². The minimum atomic E-state index is -0.360. The van der Waals surface area contributed by atoms with Crippen molar-refractivity contribution in [2.75, 3.05) is 11.9 Å². The number of thiazole rings is 1. The van der Waals surface area contributed by atoms with Crippen LogP contribution in [0.1, 0.15) is 25.7 Å². The first-order valence-electron chi connectivity index (χ1n) is 7.94. The van der Waals surface area contributed by atoms with Crippen molar-refractivity contribution in [3.8, 4) is 10.6 Å². The Kier molecular flexibility index (Phi) is 4.32. The highest BCUT2D eigenvalue weighted by Gasteiger charge is 2.40. The third kappa shape index (κ3) is 3.20. The van der Waals surface area contributed by atoms with Crippen molar-refractivity contribution in [3.63, 3.8) is 0 Å². The number of likely N-dealkylation sites (tertiary alicyclic amines) is 1. The molecule has 1 N–H and O–H groups in total. The molecule has 3 heterocycles. The summed E-state index contributed by atoms with van der Waals surface area (Å²) >= 11 is 8.79. The number of carbonyl (C=O) groups excluding carboxylic acids is 2. The van der Waals surface area contributed by atoms with Crippen molar-refractivity contribution >= 4 is 51.2 Å². The number of aromatic nitrogens is 1. The second kappa shape index (κ2) is 6.46. The van der Waals surface area contributed by atoms with Crippen LogP contribution in [0.5, 0.6) is 0 Å². The van der Waals surface area contributed by atoms with Gasteiger partial charge in [-0.1, -0.05) is 11.6 Å². The number of nitrogens with zero attached hydrogens (tertiary/aromatic N) is 2. The van der Waals surface area contributed by atoms with Crippen molar-refractivity contribution in [2.45, 2.75) is 31.7 Å². The summed E-state index contributed by atoms with van der Waals surface area (Å²) in [5, 5.41) is 5.33. The molecule has 0 bridgehead atoms. The lowest BCUT2D eigenvalue weighted by molar-refractivity contribution is -0.137.